The first-order valence-corrected chi connectivity index (χ1v) is 10.1. The van der Waals surface area contributed by atoms with Crippen LogP contribution in [-0.2, 0) is 7.05 Å². The lowest BCUT2D eigenvalue weighted by Crippen LogP contribution is -2.17. The number of aryl methyl sites for hydroxylation is 2. The summed E-state index contributed by atoms with van der Waals surface area (Å²) in [6.07, 6.45) is -0.390. The van der Waals surface area contributed by atoms with Crippen molar-refractivity contribution in [2.24, 2.45) is 12.8 Å². The van der Waals surface area contributed by atoms with Crippen LogP contribution in [0.4, 0.5) is 23.2 Å². The molecule has 4 aromatic heterocycles. The molecule has 2 amide bonds. The SMILES string of the molecule is Cc1nn(C)cc1-c1cc(C(F)F)nc2sc(C(N)=O)c(NC(=O)c3ccn(C(F)F)n3)c12. The van der Waals surface area contributed by atoms with Crippen molar-refractivity contribution in [2.45, 2.75) is 19.9 Å². The number of primary amides is 1. The topological polar surface area (TPSA) is 121 Å². The summed E-state index contributed by atoms with van der Waals surface area (Å²) < 4.78 is 54.5. The summed E-state index contributed by atoms with van der Waals surface area (Å²) in [6.45, 7) is -1.29. The third-order valence-electron chi connectivity index (χ3n) is 4.71. The van der Waals surface area contributed by atoms with Gasteiger partial charge in [0.15, 0.2) is 5.69 Å². The van der Waals surface area contributed by atoms with Crippen LogP contribution in [0.2, 0.25) is 0 Å². The van der Waals surface area contributed by atoms with Gasteiger partial charge in [-0.25, -0.2) is 18.4 Å². The van der Waals surface area contributed by atoms with E-state index < -0.39 is 30.5 Å². The number of halogens is 4. The van der Waals surface area contributed by atoms with Crippen molar-refractivity contribution in [3.8, 4) is 11.1 Å². The molecule has 3 N–H and O–H groups in total. The summed E-state index contributed by atoms with van der Waals surface area (Å²) in [5, 5.41) is 10.4. The Labute approximate surface area is 186 Å². The first-order chi connectivity index (χ1) is 15.6. The molecule has 172 valence electrons. The van der Waals surface area contributed by atoms with E-state index in [9.17, 15) is 27.2 Å². The zero-order chi connectivity index (χ0) is 24.0. The number of aromatic nitrogens is 5. The van der Waals surface area contributed by atoms with E-state index in [0.717, 1.165) is 29.7 Å². The summed E-state index contributed by atoms with van der Waals surface area (Å²) >= 11 is 0.726. The van der Waals surface area contributed by atoms with Gasteiger partial charge in [-0.1, -0.05) is 0 Å². The Morgan fingerprint density at radius 1 is 1.18 bits per heavy atom. The predicted molar refractivity (Wildman–Crippen MR) is 111 cm³/mol. The van der Waals surface area contributed by atoms with Gasteiger partial charge < -0.3 is 11.1 Å². The van der Waals surface area contributed by atoms with Crippen LogP contribution in [-0.4, -0.2) is 36.4 Å². The molecule has 0 radical (unpaired) electrons. The number of nitrogens with one attached hydrogen (secondary N) is 1. The number of rotatable bonds is 6. The Morgan fingerprint density at radius 3 is 2.45 bits per heavy atom. The van der Waals surface area contributed by atoms with Crippen LogP contribution in [0.15, 0.2) is 24.5 Å². The molecule has 14 heteroatoms. The highest BCUT2D eigenvalue weighted by Crippen LogP contribution is 2.43. The normalized spacial score (nSPS) is 11.6. The van der Waals surface area contributed by atoms with Crippen LogP contribution in [0.25, 0.3) is 21.3 Å². The molecule has 4 heterocycles. The zero-order valence-electron chi connectivity index (χ0n) is 17.0. The molecular weight excluding hydrogens is 466 g/mol. The molecule has 0 aliphatic carbocycles. The number of fused-ring (bicyclic) bond motifs is 1. The minimum absolute atomic E-state index is 0.0354. The van der Waals surface area contributed by atoms with Crippen molar-refractivity contribution in [3.05, 3.63) is 46.5 Å². The Kier molecular flexibility index (Phi) is 5.61. The van der Waals surface area contributed by atoms with Crippen molar-refractivity contribution in [2.75, 3.05) is 5.32 Å². The van der Waals surface area contributed by atoms with Crippen molar-refractivity contribution in [1.82, 2.24) is 24.5 Å². The van der Waals surface area contributed by atoms with Crippen molar-refractivity contribution < 1.29 is 27.2 Å². The molecule has 0 bridgehead atoms. The lowest BCUT2D eigenvalue weighted by Gasteiger charge is -2.10. The number of hydrogen-bond donors (Lipinski definition) is 2. The number of anilines is 1. The van der Waals surface area contributed by atoms with Crippen LogP contribution >= 0.6 is 11.3 Å². The van der Waals surface area contributed by atoms with Crippen LogP contribution in [0.1, 0.15) is 44.5 Å². The fourth-order valence-corrected chi connectivity index (χ4v) is 4.36. The van der Waals surface area contributed by atoms with E-state index in [-0.39, 0.29) is 36.7 Å². The number of carbonyl (C=O) groups is 2. The maximum atomic E-state index is 13.5. The van der Waals surface area contributed by atoms with E-state index in [2.05, 4.69) is 20.5 Å². The quantitative estimate of drug-likeness (QED) is 0.405. The summed E-state index contributed by atoms with van der Waals surface area (Å²) in [5.74, 6) is -1.83. The van der Waals surface area contributed by atoms with E-state index in [4.69, 9.17) is 5.73 Å². The molecule has 0 aliphatic heterocycles. The van der Waals surface area contributed by atoms with Gasteiger partial charge in [-0.2, -0.15) is 19.0 Å². The van der Waals surface area contributed by atoms with Crippen molar-refractivity contribution >= 4 is 39.1 Å². The van der Waals surface area contributed by atoms with Gasteiger partial charge in [0.2, 0.25) is 0 Å². The highest BCUT2D eigenvalue weighted by Gasteiger charge is 2.27. The van der Waals surface area contributed by atoms with E-state index >= 15 is 0 Å². The molecule has 0 spiro atoms. The first kappa shape index (κ1) is 22.4. The minimum Gasteiger partial charge on any atom is -0.365 e. The molecule has 0 unspecified atom stereocenters. The third kappa shape index (κ3) is 4.04. The fourth-order valence-electron chi connectivity index (χ4n) is 3.34. The van der Waals surface area contributed by atoms with Crippen molar-refractivity contribution in [3.63, 3.8) is 0 Å². The van der Waals surface area contributed by atoms with Gasteiger partial charge in [0.25, 0.3) is 18.2 Å². The van der Waals surface area contributed by atoms with E-state index in [0.29, 0.717) is 11.3 Å². The number of carbonyl (C=O) groups excluding carboxylic acids is 2. The highest BCUT2D eigenvalue weighted by molar-refractivity contribution is 7.21. The Hall–Kier alpha value is -3.81. The number of pyridine rings is 1. The minimum atomic E-state index is -2.95. The molecule has 4 aromatic rings. The predicted octanol–water partition coefficient (Wildman–Crippen LogP) is 3.89. The second-order valence-corrected chi connectivity index (χ2v) is 7.96. The number of nitrogens with zero attached hydrogens (tertiary/aromatic N) is 5. The molecule has 0 atom stereocenters. The van der Waals surface area contributed by atoms with Gasteiger partial charge in [0, 0.05) is 30.4 Å². The highest BCUT2D eigenvalue weighted by atomic mass is 32.1. The van der Waals surface area contributed by atoms with Crippen LogP contribution in [0.3, 0.4) is 0 Å². The van der Waals surface area contributed by atoms with E-state index in [1.807, 2.05) is 0 Å². The standard InChI is InChI=1S/C19H15F4N7O2S/c1-7-9(6-29(2)27-7)8-5-11(15(20)21)25-18-12(8)13(14(33-18)16(24)31)26-17(32)10-3-4-30(28-10)19(22)23/h3-6,15,19H,1-2H3,(H2,24,31)(H,26,32). The second-order valence-electron chi connectivity index (χ2n) is 6.96. The summed E-state index contributed by atoms with van der Waals surface area (Å²) in [5.41, 5.74) is 5.73. The Balaban J connectivity index is 1.94. The second kappa shape index (κ2) is 8.27. The molecule has 0 saturated carbocycles. The average Bonchev–Trinajstić information content (AvgIpc) is 3.44. The molecule has 0 fully saturated rings. The molecule has 0 aliphatic rings. The van der Waals surface area contributed by atoms with Gasteiger partial charge in [0.05, 0.1) is 11.4 Å². The zero-order valence-corrected chi connectivity index (χ0v) is 17.8. The van der Waals surface area contributed by atoms with Crippen LogP contribution < -0.4 is 11.1 Å². The lowest BCUT2D eigenvalue weighted by molar-refractivity contribution is 0.0561. The number of amides is 2. The average molecular weight is 481 g/mol. The number of hydrogen-bond acceptors (Lipinski definition) is 6. The van der Waals surface area contributed by atoms with E-state index in [1.165, 1.54) is 4.68 Å². The van der Waals surface area contributed by atoms with Crippen molar-refractivity contribution in [1.29, 1.82) is 0 Å². The largest absolute Gasteiger partial charge is 0.365 e. The van der Waals surface area contributed by atoms with Gasteiger partial charge in [-0.05, 0) is 24.6 Å². The first-order valence-electron chi connectivity index (χ1n) is 9.27. The number of thiophene rings is 1. The monoisotopic (exact) mass is 481 g/mol. The smallest absolute Gasteiger partial charge is 0.333 e. The molecular formula is C19H15F4N7O2S. The summed E-state index contributed by atoms with van der Waals surface area (Å²) in [6, 6.07) is 2.22. The molecule has 0 saturated heterocycles. The third-order valence-corrected chi connectivity index (χ3v) is 5.81. The van der Waals surface area contributed by atoms with Gasteiger partial charge in [-0.15, -0.1) is 11.3 Å². The lowest BCUT2D eigenvalue weighted by atomic mass is 10.0. The number of nitrogens with two attached hydrogens (primary N) is 1. The maximum absolute atomic E-state index is 13.5. The molecule has 0 aromatic carbocycles. The summed E-state index contributed by atoms with van der Waals surface area (Å²) in [7, 11) is 1.65. The summed E-state index contributed by atoms with van der Waals surface area (Å²) in [4.78, 5) is 28.7. The Bertz CT molecular complexity index is 1390. The van der Waals surface area contributed by atoms with Gasteiger partial charge in [0.1, 0.15) is 15.4 Å². The fraction of sp³-hybridized carbons (Fsp3) is 0.211. The van der Waals surface area contributed by atoms with E-state index in [1.54, 1.807) is 20.2 Å². The van der Waals surface area contributed by atoms with Gasteiger partial charge in [-0.3, -0.25) is 14.3 Å². The van der Waals surface area contributed by atoms with Crippen LogP contribution in [0, 0.1) is 6.92 Å². The van der Waals surface area contributed by atoms with Gasteiger partial charge >= 0.3 is 6.55 Å². The molecule has 4 rings (SSSR count). The molecule has 33 heavy (non-hydrogen) atoms. The number of alkyl halides is 4. The maximum Gasteiger partial charge on any atom is 0.333 e. The van der Waals surface area contributed by atoms with Crippen LogP contribution in [0.5, 0.6) is 0 Å². The molecule has 9 nitrogen and oxygen atoms in total. The Morgan fingerprint density at radius 2 is 1.91 bits per heavy atom.